The highest BCUT2D eigenvalue weighted by Gasteiger charge is 2.12. The van der Waals surface area contributed by atoms with Crippen LogP contribution in [0.1, 0.15) is 29.3 Å². The number of Topliss-reactive ketones (excluding diaryl/α,β-unsaturated/α-hetero) is 1. The van der Waals surface area contributed by atoms with Crippen molar-refractivity contribution >= 4 is 23.3 Å². The molecule has 1 N–H and O–H groups in total. The number of hydrogen-bond donors (Lipinski definition) is 1. The summed E-state index contributed by atoms with van der Waals surface area (Å²) in [7, 11) is 1.50. The molecule has 0 bridgehead atoms. The molecule has 2 aromatic rings. The van der Waals surface area contributed by atoms with Crippen LogP contribution < -0.4 is 14.8 Å². The first kappa shape index (κ1) is 21.0. The van der Waals surface area contributed by atoms with E-state index in [0.717, 1.165) is 5.56 Å². The largest absolute Gasteiger partial charge is 0.495 e. The Balaban J connectivity index is 1.78. The van der Waals surface area contributed by atoms with Crippen LogP contribution in [-0.2, 0) is 14.3 Å². The normalized spacial score (nSPS) is 10.1. The van der Waals surface area contributed by atoms with Crippen LogP contribution in [0.3, 0.4) is 0 Å². The molecule has 0 aliphatic rings. The molecule has 0 saturated heterocycles. The Morgan fingerprint density at radius 2 is 1.71 bits per heavy atom. The number of anilines is 1. The summed E-state index contributed by atoms with van der Waals surface area (Å²) in [5, 5.41) is 2.64. The minimum Gasteiger partial charge on any atom is -0.495 e. The van der Waals surface area contributed by atoms with E-state index in [0.29, 0.717) is 29.2 Å². The number of carbonyl (C=O) groups excluding carboxylic acids is 3. The quantitative estimate of drug-likeness (QED) is 0.527. The molecule has 0 radical (unpaired) electrons. The van der Waals surface area contributed by atoms with E-state index in [1.807, 2.05) is 13.0 Å². The Kier molecular flexibility index (Phi) is 7.56. The molecule has 28 heavy (non-hydrogen) atoms. The van der Waals surface area contributed by atoms with Crippen LogP contribution in [0.25, 0.3) is 0 Å². The van der Waals surface area contributed by atoms with Gasteiger partial charge in [-0.1, -0.05) is 13.0 Å². The number of aryl methyl sites for hydroxylation is 1. The molecule has 1 amide bonds. The molecule has 7 heteroatoms. The topological polar surface area (TPSA) is 90.9 Å². The summed E-state index contributed by atoms with van der Waals surface area (Å²) < 4.78 is 15.4. The van der Waals surface area contributed by atoms with Crippen LogP contribution in [0.5, 0.6) is 11.5 Å². The molecule has 0 saturated carbocycles. The fraction of sp³-hybridized carbons (Fsp3) is 0.286. The van der Waals surface area contributed by atoms with E-state index in [1.54, 1.807) is 43.3 Å². The van der Waals surface area contributed by atoms with Gasteiger partial charge in [-0.05, 0) is 48.9 Å². The molecule has 7 nitrogen and oxygen atoms in total. The van der Waals surface area contributed by atoms with Crippen LogP contribution in [0.15, 0.2) is 42.5 Å². The van der Waals surface area contributed by atoms with Gasteiger partial charge in [-0.15, -0.1) is 0 Å². The molecular weight excluding hydrogens is 362 g/mol. The minimum atomic E-state index is -0.680. The van der Waals surface area contributed by atoms with Crippen molar-refractivity contribution in [3.63, 3.8) is 0 Å². The average Bonchev–Trinajstić information content (AvgIpc) is 2.70. The molecular formula is C21H23NO6. The van der Waals surface area contributed by atoms with Gasteiger partial charge in [0.25, 0.3) is 5.91 Å². The molecule has 0 aromatic heterocycles. The van der Waals surface area contributed by atoms with E-state index in [1.165, 1.54) is 7.11 Å². The Morgan fingerprint density at radius 1 is 1.00 bits per heavy atom. The lowest BCUT2D eigenvalue weighted by Crippen LogP contribution is -2.23. The smallest absolute Gasteiger partial charge is 0.344 e. The Hall–Kier alpha value is -3.35. The van der Waals surface area contributed by atoms with Gasteiger partial charge in [-0.25, -0.2) is 4.79 Å². The summed E-state index contributed by atoms with van der Waals surface area (Å²) >= 11 is 0. The van der Waals surface area contributed by atoms with E-state index in [4.69, 9.17) is 14.2 Å². The lowest BCUT2D eigenvalue weighted by Gasteiger charge is -2.11. The second-order valence-corrected chi connectivity index (χ2v) is 6.00. The highest BCUT2D eigenvalue weighted by molar-refractivity contribution is 5.96. The zero-order valence-corrected chi connectivity index (χ0v) is 16.1. The number of nitrogens with one attached hydrogen (secondary N) is 1. The predicted molar refractivity (Wildman–Crippen MR) is 104 cm³/mol. The van der Waals surface area contributed by atoms with Crippen molar-refractivity contribution in [3.05, 3.63) is 53.6 Å². The van der Waals surface area contributed by atoms with E-state index in [9.17, 15) is 14.4 Å². The number of benzene rings is 2. The highest BCUT2D eigenvalue weighted by Crippen LogP contribution is 2.25. The van der Waals surface area contributed by atoms with Gasteiger partial charge in [-0.2, -0.15) is 0 Å². The van der Waals surface area contributed by atoms with Crippen molar-refractivity contribution in [2.45, 2.75) is 20.3 Å². The number of carbonyl (C=O) groups is 3. The van der Waals surface area contributed by atoms with Gasteiger partial charge in [0.1, 0.15) is 11.5 Å². The fourth-order valence-electron chi connectivity index (χ4n) is 2.38. The number of hydrogen-bond acceptors (Lipinski definition) is 6. The van der Waals surface area contributed by atoms with Crippen molar-refractivity contribution in [1.82, 2.24) is 0 Å². The van der Waals surface area contributed by atoms with Gasteiger partial charge < -0.3 is 19.5 Å². The third-order valence-corrected chi connectivity index (χ3v) is 3.85. The maximum absolute atomic E-state index is 12.0. The highest BCUT2D eigenvalue weighted by atomic mass is 16.6. The van der Waals surface area contributed by atoms with Crippen molar-refractivity contribution in [1.29, 1.82) is 0 Å². The number of esters is 1. The molecule has 0 fully saturated rings. The Morgan fingerprint density at radius 3 is 2.36 bits per heavy atom. The molecule has 0 aliphatic heterocycles. The number of methoxy groups -OCH3 is 1. The van der Waals surface area contributed by atoms with Crippen molar-refractivity contribution in [3.8, 4) is 11.5 Å². The maximum Gasteiger partial charge on any atom is 0.344 e. The zero-order chi connectivity index (χ0) is 20.5. The predicted octanol–water partition coefficient (Wildman–Crippen LogP) is 3.16. The minimum absolute atomic E-state index is 0.0298. The summed E-state index contributed by atoms with van der Waals surface area (Å²) in [5.41, 5.74) is 2.04. The van der Waals surface area contributed by atoms with E-state index >= 15 is 0 Å². The summed E-state index contributed by atoms with van der Waals surface area (Å²) in [6, 6.07) is 11.8. The second-order valence-electron chi connectivity index (χ2n) is 6.00. The Bertz CT molecular complexity index is 844. The van der Waals surface area contributed by atoms with Crippen LogP contribution in [-0.4, -0.2) is 38.0 Å². The molecule has 0 unspecified atom stereocenters. The van der Waals surface area contributed by atoms with Crippen molar-refractivity contribution < 1.29 is 28.6 Å². The lowest BCUT2D eigenvalue weighted by molar-refractivity contribution is -0.149. The summed E-state index contributed by atoms with van der Waals surface area (Å²) in [6.45, 7) is 2.89. The van der Waals surface area contributed by atoms with Gasteiger partial charge >= 0.3 is 5.97 Å². The molecule has 0 atom stereocenters. The molecule has 148 valence electrons. The SMILES string of the molecule is CCC(=O)c1ccc(OCC(=O)OCC(=O)Nc2cc(C)ccc2OC)cc1. The summed E-state index contributed by atoms with van der Waals surface area (Å²) in [6.07, 6.45) is 0.420. The van der Waals surface area contributed by atoms with Crippen LogP contribution in [0.2, 0.25) is 0 Å². The van der Waals surface area contributed by atoms with Gasteiger partial charge in [0, 0.05) is 12.0 Å². The zero-order valence-electron chi connectivity index (χ0n) is 16.1. The molecule has 0 spiro atoms. The van der Waals surface area contributed by atoms with Crippen molar-refractivity contribution in [2.75, 3.05) is 25.6 Å². The van der Waals surface area contributed by atoms with E-state index in [2.05, 4.69) is 5.32 Å². The number of rotatable bonds is 9. The number of amides is 1. The lowest BCUT2D eigenvalue weighted by atomic mass is 10.1. The maximum atomic E-state index is 12.0. The molecule has 2 rings (SSSR count). The number of ether oxygens (including phenoxy) is 3. The van der Waals surface area contributed by atoms with Gasteiger partial charge in [0.05, 0.1) is 12.8 Å². The summed E-state index contributed by atoms with van der Waals surface area (Å²) in [5.74, 6) is -0.195. The summed E-state index contributed by atoms with van der Waals surface area (Å²) in [4.78, 5) is 35.3. The van der Waals surface area contributed by atoms with E-state index < -0.39 is 18.5 Å². The van der Waals surface area contributed by atoms with Crippen molar-refractivity contribution in [2.24, 2.45) is 0 Å². The second kappa shape index (κ2) is 10.1. The standard InChI is InChI=1S/C21H23NO6/c1-4-18(23)15-6-8-16(9-7-15)27-13-21(25)28-12-20(24)22-17-11-14(2)5-10-19(17)26-3/h5-11H,4,12-13H2,1-3H3,(H,22,24). The fourth-order valence-corrected chi connectivity index (χ4v) is 2.38. The first-order valence-electron chi connectivity index (χ1n) is 8.79. The third-order valence-electron chi connectivity index (χ3n) is 3.85. The van der Waals surface area contributed by atoms with E-state index in [-0.39, 0.29) is 12.4 Å². The first-order chi connectivity index (χ1) is 13.4. The Labute approximate surface area is 163 Å². The van der Waals surface area contributed by atoms with Gasteiger partial charge in [-0.3, -0.25) is 9.59 Å². The van der Waals surface area contributed by atoms with Gasteiger partial charge in [0.15, 0.2) is 19.0 Å². The third kappa shape index (κ3) is 6.12. The molecule has 2 aromatic carbocycles. The van der Waals surface area contributed by atoms with Gasteiger partial charge in [0.2, 0.25) is 0 Å². The number of ketones is 1. The molecule has 0 heterocycles. The van der Waals surface area contributed by atoms with Crippen LogP contribution in [0, 0.1) is 6.92 Å². The monoisotopic (exact) mass is 385 g/mol. The molecule has 0 aliphatic carbocycles. The van der Waals surface area contributed by atoms with Crippen LogP contribution in [0.4, 0.5) is 5.69 Å². The first-order valence-corrected chi connectivity index (χ1v) is 8.79. The van der Waals surface area contributed by atoms with Crippen LogP contribution >= 0.6 is 0 Å². The average molecular weight is 385 g/mol.